The van der Waals surface area contributed by atoms with E-state index in [0.29, 0.717) is 28.2 Å². The first-order valence-corrected chi connectivity index (χ1v) is 8.06. The molecule has 3 aromatic rings. The predicted molar refractivity (Wildman–Crippen MR) is 83.0 cm³/mol. The Hall–Kier alpha value is -1.50. The van der Waals surface area contributed by atoms with E-state index in [1.807, 2.05) is 29.0 Å². The highest BCUT2D eigenvalue weighted by molar-refractivity contribution is 7.98. The summed E-state index contributed by atoms with van der Waals surface area (Å²) in [6, 6.07) is 7.50. The van der Waals surface area contributed by atoms with Gasteiger partial charge in [-0.3, -0.25) is 0 Å². The highest BCUT2D eigenvalue weighted by atomic mass is 35.5. The second-order valence-electron chi connectivity index (χ2n) is 4.00. The average Bonchev–Trinajstić information content (AvgIpc) is 3.09. The lowest BCUT2D eigenvalue weighted by Gasteiger charge is -2.01. The van der Waals surface area contributed by atoms with Crippen molar-refractivity contribution in [2.75, 3.05) is 5.73 Å². The van der Waals surface area contributed by atoms with E-state index < -0.39 is 0 Å². The van der Waals surface area contributed by atoms with Crippen molar-refractivity contribution in [3.8, 4) is 11.4 Å². The van der Waals surface area contributed by atoms with Crippen LogP contribution < -0.4 is 5.73 Å². The van der Waals surface area contributed by atoms with Gasteiger partial charge >= 0.3 is 0 Å². The number of anilines is 1. The van der Waals surface area contributed by atoms with Gasteiger partial charge in [0, 0.05) is 15.8 Å². The molecule has 0 amide bonds. The van der Waals surface area contributed by atoms with Crippen LogP contribution >= 0.6 is 34.7 Å². The molecule has 3 rings (SSSR count). The van der Waals surface area contributed by atoms with Crippen LogP contribution in [0.1, 0.15) is 5.89 Å². The molecule has 20 heavy (non-hydrogen) atoms. The number of benzene rings is 1. The van der Waals surface area contributed by atoms with Crippen LogP contribution in [0.15, 0.2) is 44.4 Å². The molecule has 0 spiro atoms. The maximum Gasteiger partial charge on any atom is 0.237 e. The maximum absolute atomic E-state index is 5.98. The van der Waals surface area contributed by atoms with Gasteiger partial charge in [0.15, 0.2) is 0 Å². The summed E-state index contributed by atoms with van der Waals surface area (Å²) in [6.45, 7) is 0. The zero-order valence-corrected chi connectivity index (χ0v) is 12.6. The number of hydrogen-bond acceptors (Lipinski definition) is 6. The number of thioether (sulfide) groups is 1. The molecule has 0 radical (unpaired) electrons. The van der Waals surface area contributed by atoms with Gasteiger partial charge in [0.25, 0.3) is 0 Å². The standard InChI is InChI=1S/C13H10ClN3OS2/c14-10-5-9(1-2-11(10)15)20-7-12-16-13(17-18-12)8-3-4-19-6-8/h1-6H,7,15H2. The number of aromatic nitrogens is 2. The smallest absolute Gasteiger partial charge is 0.237 e. The van der Waals surface area contributed by atoms with E-state index in [1.165, 1.54) is 0 Å². The van der Waals surface area contributed by atoms with Crippen molar-refractivity contribution in [2.24, 2.45) is 0 Å². The molecule has 7 heteroatoms. The third-order valence-electron chi connectivity index (χ3n) is 2.58. The predicted octanol–water partition coefficient (Wildman–Crippen LogP) is 4.33. The summed E-state index contributed by atoms with van der Waals surface area (Å²) in [5.41, 5.74) is 7.23. The molecule has 0 aliphatic carbocycles. The van der Waals surface area contributed by atoms with E-state index in [1.54, 1.807) is 29.2 Å². The molecule has 4 nitrogen and oxygen atoms in total. The Morgan fingerprint density at radius 3 is 3.00 bits per heavy atom. The van der Waals surface area contributed by atoms with Crippen molar-refractivity contribution in [3.05, 3.63) is 45.9 Å². The Labute approximate surface area is 129 Å². The molecule has 2 N–H and O–H groups in total. The molecule has 0 fully saturated rings. The lowest BCUT2D eigenvalue weighted by molar-refractivity contribution is 0.391. The summed E-state index contributed by atoms with van der Waals surface area (Å²) in [6.07, 6.45) is 0. The molecular weight excluding hydrogens is 314 g/mol. The molecular formula is C13H10ClN3OS2. The molecule has 2 aromatic heterocycles. The number of thiophene rings is 1. The molecule has 0 saturated carbocycles. The van der Waals surface area contributed by atoms with Crippen LogP contribution in [0, 0.1) is 0 Å². The van der Waals surface area contributed by atoms with E-state index in [-0.39, 0.29) is 0 Å². The van der Waals surface area contributed by atoms with E-state index in [4.69, 9.17) is 21.9 Å². The van der Waals surface area contributed by atoms with Crippen LogP contribution in [0.5, 0.6) is 0 Å². The summed E-state index contributed by atoms with van der Waals surface area (Å²) in [7, 11) is 0. The van der Waals surface area contributed by atoms with Gasteiger partial charge < -0.3 is 10.3 Å². The van der Waals surface area contributed by atoms with Gasteiger partial charge in [-0.05, 0) is 29.6 Å². The lowest BCUT2D eigenvalue weighted by Crippen LogP contribution is -1.86. The van der Waals surface area contributed by atoms with Crippen LogP contribution in [0.2, 0.25) is 5.02 Å². The van der Waals surface area contributed by atoms with Crippen LogP contribution in [0.25, 0.3) is 11.4 Å². The fourth-order valence-electron chi connectivity index (χ4n) is 1.57. The summed E-state index contributed by atoms with van der Waals surface area (Å²) in [5.74, 6) is 1.80. The van der Waals surface area contributed by atoms with Crippen LogP contribution in [-0.4, -0.2) is 10.1 Å². The third-order valence-corrected chi connectivity index (χ3v) is 4.57. The number of halogens is 1. The van der Waals surface area contributed by atoms with Crippen molar-refractivity contribution in [1.29, 1.82) is 0 Å². The number of rotatable bonds is 4. The fourth-order valence-corrected chi connectivity index (χ4v) is 3.22. The van der Waals surface area contributed by atoms with Crippen LogP contribution in [0.3, 0.4) is 0 Å². The van der Waals surface area contributed by atoms with Crippen molar-refractivity contribution >= 4 is 40.4 Å². The zero-order chi connectivity index (χ0) is 13.9. The minimum atomic E-state index is 0.555. The lowest BCUT2D eigenvalue weighted by atomic mass is 10.3. The van der Waals surface area contributed by atoms with Gasteiger partial charge in [-0.25, -0.2) is 0 Å². The van der Waals surface area contributed by atoms with Crippen molar-refractivity contribution in [3.63, 3.8) is 0 Å². The maximum atomic E-state index is 5.98. The average molecular weight is 324 g/mol. The molecule has 0 unspecified atom stereocenters. The zero-order valence-electron chi connectivity index (χ0n) is 10.2. The first-order valence-electron chi connectivity index (χ1n) is 5.75. The Morgan fingerprint density at radius 2 is 2.25 bits per heavy atom. The highest BCUT2D eigenvalue weighted by Gasteiger charge is 2.09. The Balaban J connectivity index is 1.68. The summed E-state index contributed by atoms with van der Waals surface area (Å²) < 4.78 is 5.23. The molecule has 0 aliphatic heterocycles. The van der Waals surface area contributed by atoms with Gasteiger partial charge in [0.2, 0.25) is 11.7 Å². The molecule has 0 atom stereocenters. The minimum Gasteiger partial charge on any atom is -0.398 e. The topological polar surface area (TPSA) is 64.9 Å². The molecule has 0 aliphatic rings. The Kier molecular flexibility index (Phi) is 3.95. The van der Waals surface area contributed by atoms with Crippen molar-refractivity contribution < 1.29 is 4.52 Å². The second kappa shape index (κ2) is 5.87. The van der Waals surface area contributed by atoms with Crippen LogP contribution in [0.4, 0.5) is 5.69 Å². The molecule has 102 valence electrons. The fraction of sp³-hybridized carbons (Fsp3) is 0.0769. The van der Waals surface area contributed by atoms with Gasteiger partial charge in [-0.15, -0.1) is 11.8 Å². The normalized spacial score (nSPS) is 10.8. The highest BCUT2D eigenvalue weighted by Crippen LogP contribution is 2.28. The summed E-state index contributed by atoms with van der Waals surface area (Å²) >= 11 is 9.16. The molecule has 1 aromatic carbocycles. The van der Waals surface area contributed by atoms with Gasteiger partial charge in [0.05, 0.1) is 16.5 Å². The molecule has 2 heterocycles. The number of nitrogen functional groups attached to an aromatic ring is 1. The van der Waals surface area contributed by atoms with E-state index in [2.05, 4.69) is 10.1 Å². The van der Waals surface area contributed by atoms with Crippen molar-refractivity contribution in [2.45, 2.75) is 10.6 Å². The second-order valence-corrected chi connectivity index (χ2v) is 6.23. The molecule has 0 saturated heterocycles. The van der Waals surface area contributed by atoms with Gasteiger partial charge in [-0.2, -0.15) is 16.3 Å². The van der Waals surface area contributed by atoms with Gasteiger partial charge in [-0.1, -0.05) is 16.8 Å². The SMILES string of the molecule is Nc1ccc(SCc2nc(-c3ccsc3)no2)cc1Cl. The van der Waals surface area contributed by atoms with E-state index in [0.717, 1.165) is 10.5 Å². The first kappa shape index (κ1) is 13.5. The monoisotopic (exact) mass is 323 g/mol. The number of hydrogen-bond donors (Lipinski definition) is 1. The van der Waals surface area contributed by atoms with Crippen molar-refractivity contribution in [1.82, 2.24) is 10.1 Å². The van der Waals surface area contributed by atoms with Gasteiger partial charge in [0.1, 0.15) is 0 Å². The quantitative estimate of drug-likeness (QED) is 0.572. The first-order chi connectivity index (χ1) is 9.72. The van der Waals surface area contributed by atoms with E-state index in [9.17, 15) is 0 Å². The third kappa shape index (κ3) is 2.98. The van der Waals surface area contributed by atoms with E-state index >= 15 is 0 Å². The number of nitrogens with zero attached hydrogens (tertiary/aromatic N) is 2. The summed E-state index contributed by atoms with van der Waals surface area (Å²) in [4.78, 5) is 5.37. The van der Waals surface area contributed by atoms with Crippen LogP contribution in [-0.2, 0) is 5.75 Å². The molecule has 0 bridgehead atoms. The largest absolute Gasteiger partial charge is 0.398 e. The Morgan fingerprint density at radius 1 is 1.35 bits per heavy atom. The number of nitrogens with two attached hydrogens (primary N) is 1. The Bertz CT molecular complexity index is 712. The summed E-state index contributed by atoms with van der Waals surface area (Å²) in [5, 5.41) is 8.49. The minimum absolute atomic E-state index is 0.555.